The Bertz CT molecular complexity index is 147. The van der Waals surface area contributed by atoms with Crippen molar-refractivity contribution in [1.82, 2.24) is 4.90 Å². The van der Waals surface area contributed by atoms with E-state index < -0.39 is 0 Å². The molecule has 0 spiro atoms. The van der Waals surface area contributed by atoms with Crippen molar-refractivity contribution in [3.63, 3.8) is 0 Å². The molecule has 98 valence electrons. The molecule has 0 aromatic heterocycles. The minimum atomic E-state index is 0.140. The molecule has 0 rings (SSSR count). The molecule has 0 N–H and O–H groups in total. The summed E-state index contributed by atoms with van der Waals surface area (Å²) >= 11 is 0. The van der Waals surface area contributed by atoms with Crippen LogP contribution in [0.5, 0.6) is 0 Å². The van der Waals surface area contributed by atoms with Gasteiger partial charge in [-0.1, -0.05) is 47.6 Å². The van der Waals surface area contributed by atoms with E-state index >= 15 is 0 Å². The number of nitrogens with zero attached hydrogens (tertiary/aromatic N) is 1. The number of allylic oxidation sites excluding steroid dienone is 1. The fourth-order valence-corrected chi connectivity index (χ4v) is 1.12. The first kappa shape index (κ1) is 20.6. The van der Waals surface area contributed by atoms with E-state index in [0.717, 1.165) is 25.9 Å². The van der Waals surface area contributed by atoms with Gasteiger partial charge in [0.1, 0.15) is 0 Å². The number of hydrogen-bond donors (Lipinski definition) is 0. The molecule has 2 nitrogen and oxygen atoms in total. The maximum Gasteiger partial charge on any atom is 0.246 e. The van der Waals surface area contributed by atoms with Crippen molar-refractivity contribution in [1.29, 1.82) is 0 Å². The Kier molecular flexibility index (Phi) is 25.4. The van der Waals surface area contributed by atoms with Crippen LogP contribution in [-0.2, 0) is 4.79 Å². The zero-order chi connectivity index (χ0) is 13.4. The molecule has 0 saturated carbocycles. The Morgan fingerprint density at radius 2 is 1.38 bits per heavy atom. The molecule has 0 aliphatic carbocycles. The number of amides is 1. The SMILES string of the molecule is C/C=C/C(=O)N(CCC)CCC.CC.CC. The fraction of sp³-hybridized carbons (Fsp3) is 0.786. The van der Waals surface area contributed by atoms with E-state index in [-0.39, 0.29) is 5.91 Å². The third-order valence-corrected chi connectivity index (χ3v) is 1.61. The molecule has 0 aliphatic heterocycles. The van der Waals surface area contributed by atoms with E-state index in [2.05, 4.69) is 13.8 Å². The van der Waals surface area contributed by atoms with E-state index in [4.69, 9.17) is 0 Å². The lowest BCUT2D eigenvalue weighted by molar-refractivity contribution is -0.126. The van der Waals surface area contributed by atoms with Gasteiger partial charge in [0.15, 0.2) is 0 Å². The molecular formula is C14H31NO. The molecular weight excluding hydrogens is 198 g/mol. The Labute approximate surface area is 103 Å². The van der Waals surface area contributed by atoms with Gasteiger partial charge in [-0.3, -0.25) is 4.79 Å². The van der Waals surface area contributed by atoms with E-state index in [0.29, 0.717) is 0 Å². The fourth-order valence-electron chi connectivity index (χ4n) is 1.12. The van der Waals surface area contributed by atoms with Crippen LogP contribution in [0.4, 0.5) is 0 Å². The quantitative estimate of drug-likeness (QED) is 0.645. The minimum absolute atomic E-state index is 0.140. The summed E-state index contributed by atoms with van der Waals surface area (Å²) in [5, 5.41) is 0. The van der Waals surface area contributed by atoms with Gasteiger partial charge in [0.25, 0.3) is 0 Å². The average Bonchev–Trinajstić information content (AvgIpc) is 2.34. The Hall–Kier alpha value is -0.790. The zero-order valence-electron chi connectivity index (χ0n) is 12.3. The first-order valence-electron chi connectivity index (χ1n) is 6.67. The van der Waals surface area contributed by atoms with Gasteiger partial charge in [0, 0.05) is 13.1 Å². The van der Waals surface area contributed by atoms with Crippen LogP contribution < -0.4 is 0 Å². The number of carbonyl (C=O) groups is 1. The second-order valence-electron chi connectivity index (χ2n) is 2.83. The molecule has 0 unspecified atom stereocenters. The number of carbonyl (C=O) groups excluding carboxylic acids is 1. The summed E-state index contributed by atoms with van der Waals surface area (Å²) in [6.45, 7) is 15.8. The first-order valence-corrected chi connectivity index (χ1v) is 6.67. The van der Waals surface area contributed by atoms with Gasteiger partial charge >= 0.3 is 0 Å². The van der Waals surface area contributed by atoms with Crippen molar-refractivity contribution < 1.29 is 4.79 Å². The van der Waals surface area contributed by atoms with E-state index in [1.165, 1.54) is 0 Å². The summed E-state index contributed by atoms with van der Waals surface area (Å²) in [6, 6.07) is 0. The van der Waals surface area contributed by atoms with Crippen molar-refractivity contribution in [2.24, 2.45) is 0 Å². The minimum Gasteiger partial charge on any atom is -0.339 e. The van der Waals surface area contributed by atoms with Crippen LogP contribution in [0, 0.1) is 0 Å². The largest absolute Gasteiger partial charge is 0.339 e. The standard InChI is InChI=1S/C10H19NO.2C2H6/c1-4-7-10(12)11(8-5-2)9-6-3;2*1-2/h4,7H,5-6,8-9H2,1-3H3;2*1-2H3/b7-4+;;. The maximum atomic E-state index is 11.4. The van der Waals surface area contributed by atoms with Crippen molar-refractivity contribution in [3.8, 4) is 0 Å². The van der Waals surface area contributed by atoms with Crippen molar-refractivity contribution >= 4 is 5.91 Å². The molecule has 2 heteroatoms. The van der Waals surface area contributed by atoms with E-state index in [1.54, 1.807) is 12.2 Å². The van der Waals surface area contributed by atoms with Crippen molar-refractivity contribution in [3.05, 3.63) is 12.2 Å². The smallest absolute Gasteiger partial charge is 0.246 e. The van der Waals surface area contributed by atoms with Gasteiger partial charge in [-0.2, -0.15) is 0 Å². The molecule has 0 saturated heterocycles. The summed E-state index contributed by atoms with van der Waals surface area (Å²) in [7, 11) is 0. The average molecular weight is 229 g/mol. The maximum absolute atomic E-state index is 11.4. The summed E-state index contributed by atoms with van der Waals surface area (Å²) in [4.78, 5) is 13.3. The topological polar surface area (TPSA) is 20.3 Å². The van der Waals surface area contributed by atoms with E-state index in [1.807, 2.05) is 39.5 Å². The highest BCUT2D eigenvalue weighted by Crippen LogP contribution is 1.96. The lowest BCUT2D eigenvalue weighted by Crippen LogP contribution is -2.30. The molecule has 0 radical (unpaired) electrons. The van der Waals surface area contributed by atoms with Crippen LogP contribution in [0.15, 0.2) is 12.2 Å². The lowest BCUT2D eigenvalue weighted by Gasteiger charge is -2.19. The van der Waals surface area contributed by atoms with Crippen LogP contribution in [0.25, 0.3) is 0 Å². The van der Waals surface area contributed by atoms with Crippen LogP contribution in [0.1, 0.15) is 61.3 Å². The number of hydrogen-bond acceptors (Lipinski definition) is 1. The lowest BCUT2D eigenvalue weighted by atomic mass is 10.3. The monoisotopic (exact) mass is 229 g/mol. The summed E-state index contributed by atoms with van der Waals surface area (Å²) in [5.41, 5.74) is 0. The van der Waals surface area contributed by atoms with Gasteiger partial charge in [-0.25, -0.2) is 0 Å². The van der Waals surface area contributed by atoms with Crippen LogP contribution >= 0.6 is 0 Å². The van der Waals surface area contributed by atoms with Gasteiger partial charge < -0.3 is 4.90 Å². The Balaban J connectivity index is -0.000000376. The third kappa shape index (κ3) is 13.2. The summed E-state index contributed by atoms with van der Waals surface area (Å²) < 4.78 is 0. The molecule has 0 heterocycles. The Morgan fingerprint density at radius 1 is 1.00 bits per heavy atom. The van der Waals surface area contributed by atoms with Gasteiger partial charge in [-0.05, 0) is 25.8 Å². The molecule has 0 aliphatic rings. The highest BCUT2D eigenvalue weighted by molar-refractivity contribution is 5.87. The molecule has 0 fully saturated rings. The molecule has 0 aromatic rings. The highest BCUT2D eigenvalue weighted by atomic mass is 16.2. The van der Waals surface area contributed by atoms with E-state index in [9.17, 15) is 4.79 Å². The predicted octanol–water partition coefficient (Wildman–Crippen LogP) is 4.26. The summed E-state index contributed by atoms with van der Waals surface area (Å²) in [5.74, 6) is 0.140. The Morgan fingerprint density at radius 3 is 1.62 bits per heavy atom. The van der Waals surface area contributed by atoms with Crippen molar-refractivity contribution in [2.45, 2.75) is 61.3 Å². The van der Waals surface area contributed by atoms with Crippen molar-refractivity contribution in [2.75, 3.05) is 13.1 Å². The van der Waals surface area contributed by atoms with Crippen LogP contribution in [0.2, 0.25) is 0 Å². The number of rotatable bonds is 5. The highest BCUT2D eigenvalue weighted by Gasteiger charge is 2.06. The third-order valence-electron chi connectivity index (χ3n) is 1.61. The second kappa shape index (κ2) is 19.7. The molecule has 0 atom stereocenters. The van der Waals surface area contributed by atoms with Gasteiger partial charge in [-0.15, -0.1) is 0 Å². The summed E-state index contributed by atoms with van der Waals surface area (Å²) in [6.07, 6.45) is 5.48. The zero-order valence-corrected chi connectivity index (χ0v) is 12.3. The van der Waals surface area contributed by atoms with Gasteiger partial charge in [0.2, 0.25) is 5.91 Å². The molecule has 0 bridgehead atoms. The molecule has 0 aromatic carbocycles. The normalized spacial score (nSPS) is 8.69. The molecule has 1 amide bonds. The molecule has 16 heavy (non-hydrogen) atoms. The van der Waals surface area contributed by atoms with Gasteiger partial charge in [0.05, 0.1) is 0 Å². The first-order chi connectivity index (χ1) is 7.76. The van der Waals surface area contributed by atoms with Crippen LogP contribution in [0.3, 0.4) is 0 Å². The predicted molar refractivity (Wildman–Crippen MR) is 74.7 cm³/mol. The second-order valence-corrected chi connectivity index (χ2v) is 2.83. The van der Waals surface area contributed by atoms with Crippen LogP contribution in [-0.4, -0.2) is 23.9 Å².